The fourth-order valence-electron chi connectivity index (χ4n) is 1.51. The fraction of sp³-hybridized carbons (Fsp3) is 0.462. The Labute approximate surface area is 101 Å². The van der Waals surface area contributed by atoms with Gasteiger partial charge in [-0.3, -0.25) is 0 Å². The third-order valence-corrected chi connectivity index (χ3v) is 2.38. The molecule has 1 N–H and O–H groups in total. The highest BCUT2D eigenvalue weighted by Gasteiger charge is 2.01. The molecule has 1 amide bonds. The van der Waals surface area contributed by atoms with E-state index in [1.54, 1.807) is 19.1 Å². The first kappa shape index (κ1) is 13.5. The average molecular weight is 239 g/mol. The number of hydrogen-bond acceptors (Lipinski definition) is 2. The summed E-state index contributed by atoms with van der Waals surface area (Å²) in [5.41, 5.74) is 0.726. The second kappa shape index (κ2) is 7.65. The summed E-state index contributed by atoms with van der Waals surface area (Å²) < 4.78 is 18.0. The van der Waals surface area contributed by atoms with Crippen molar-refractivity contribution in [3.63, 3.8) is 0 Å². The Morgan fingerprint density at radius 3 is 2.82 bits per heavy atom. The van der Waals surface area contributed by atoms with Gasteiger partial charge in [0.1, 0.15) is 5.82 Å². The van der Waals surface area contributed by atoms with Crippen LogP contribution in [0.15, 0.2) is 24.3 Å². The van der Waals surface area contributed by atoms with Gasteiger partial charge in [-0.25, -0.2) is 9.18 Å². The van der Waals surface area contributed by atoms with Crippen LogP contribution < -0.4 is 5.32 Å². The van der Waals surface area contributed by atoms with Gasteiger partial charge in [0, 0.05) is 6.54 Å². The van der Waals surface area contributed by atoms with Crippen LogP contribution in [-0.2, 0) is 11.2 Å². The van der Waals surface area contributed by atoms with E-state index < -0.39 is 6.09 Å². The summed E-state index contributed by atoms with van der Waals surface area (Å²) >= 11 is 0. The number of nitrogens with one attached hydrogen (secondary N) is 1. The molecule has 0 aliphatic rings. The van der Waals surface area contributed by atoms with Gasteiger partial charge in [0.25, 0.3) is 0 Å². The van der Waals surface area contributed by atoms with Crippen molar-refractivity contribution in [3.05, 3.63) is 35.6 Å². The molecular weight excluding hydrogens is 221 g/mol. The first-order valence-corrected chi connectivity index (χ1v) is 5.88. The third kappa shape index (κ3) is 5.33. The highest BCUT2D eigenvalue weighted by molar-refractivity contribution is 5.66. The van der Waals surface area contributed by atoms with Crippen molar-refractivity contribution in [1.29, 1.82) is 0 Å². The Hall–Kier alpha value is -1.58. The molecule has 17 heavy (non-hydrogen) atoms. The van der Waals surface area contributed by atoms with E-state index in [1.165, 1.54) is 6.07 Å². The van der Waals surface area contributed by atoms with Gasteiger partial charge in [-0.15, -0.1) is 0 Å². The lowest BCUT2D eigenvalue weighted by molar-refractivity contribution is 0.152. The van der Waals surface area contributed by atoms with Crippen molar-refractivity contribution in [2.45, 2.75) is 26.2 Å². The lowest BCUT2D eigenvalue weighted by Crippen LogP contribution is -2.25. The maximum absolute atomic E-state index is 13.2. The highest BCUT2D eigenvalue weighted by atomic mass is 19.1. The molecule has 0 atom stereocenters. The van der Waals surface area contributed by atoms with Crippen LogP contribution in [-0.4, -0.2) is 19.2 Å². The smallest absolute Gasteiger partial charge is 0.407 e. The Kier molecular flexibility index (Phi) is 6.07. The second-order valence-corrected chi connectivity index (χ2v) is 3.70. The first-order chi connectivity index (χ1) is 8.24. The van der Waals surface area contributed by atoms with Crippen LogP contribution in [0.5, 0.6) is 0 Å². The molecule has 1 rings (SSSR count). The normalized spacial score (nSPS) is 10.0. The molecule has 0 aromatic heterocycles. The quantitative estimate of drug-likeness (QED) is 0.775. The summed E-state index contributed by atoms with van der Waals surface area (Å²) in [6.45, 7) is 2.70. The van der Waals surface area contributed by atoms with Crippen LogP contribution in [0.4, 0.5) is 9.18 Å². The van der Waals surface area contributed by atoms with Crippen molar-refractivity contribution in [2.75, 3.05) is 13.2 Å². The fourth-order valence-corrected chi connectivity index (χ4v) is 1.51. The number of amides is 1. The van der Waals surface area contributed by atoms with Crippen LogP contribution in [0, 0.1) is 5.82 Å². The van der Waals surface area contributed by atoms with E-state index in [-0.39, 0.29) is 5.82 Å². The number of benzene rings is 1. The number of halogens is 1. The van der Waals surface area contributed by atoms with E-state index >= 15 is 0 Å². The molecule has 0 radical (unpaired) electrons. The number of hydrogen-bond donors (Lipinski definition) is 1. The van der Waals surface area contributed by atoms with Crippen molar-refractivity contribution in [2.24, 2.45) is 0 Å². The molecule has 0 saturated carbocycles. The monoisotopic (exact) mass is 239 g/mol. The topological polar surface area (TPSA) is 38.3 Å². The van der Waals surface area contributed by atoms with Gasteiger partial charge in [-0.2, -0.15) is 0 Å². The lowest BCUT2D eigenvalue weighted by atomic mass is 10.1. The predicted octanol–water partition coefficient (Wildman–Crippen LogP) is 2.89. The maximum atomic E-state index is 13.2. The maximum Gasteiger partial charge on any atom is 0.407 e. The Morgan fingerprint density at radius 1 is 1.35 bits per heavy atom. The van der Waals surface area contributed by atoms with Gasteiger partial charge in [0.2, 0.25) is 0 Å². The van der Waals surface area contributed by atoms with Crippen LogP contribution in [0.3, 0.4) is 0 Å². The first-order valence-electron chi connectivity index (χ1n) is 5.88. The van der Waals surface area contributed by atoms with E-state index in [0.29, 0.717) is 19.6 Å². The number of carbonyl (C=O) groups is 1. The summed E-state index contributed by atoms with van der Waals surface area (Å²) in [7, 11) is 0. The van der Waals surface area contributed by atoms with Crippen LogP contribution in [0.1, 0.15) is 25.3 Å². The van der Waals surface area contributed by atoms with Crippen LogP contribution >= 0.6 is 0 Å². The molecule has 0 bridgehead atoms. The highest BCUT2D eigenvalue weighted by Crippen LogP contribution is 2.09. The zero-order valence-electron chi connectivity index (χ0n) is 10.0. The van der Waals surface area contributed by atoms with E-state index in [0.717, 1.165) is 18.4 Å². The number of rotatable bonds is 6. The van der Waals surface area contributed by atoms with Crippen LogP contribution in [0.25, 0.3) is 0 Å². The van der Waals surface area contributed by atoms with E-state index in [1.807, 2.05) is 6.07 Å². The molecular formula is C13H18FNO2. The molecule has 0 aliphatic carbocycles. The predicted molar refractivity (Wildman–Crippen MR) is 64.4 cm³/mol. The zero-order chi connectivity index (χ0) is 12.5. The van der Waals surface area contributed by atoms with Crippen molar-refractivity contribution < 1.29 is 13.9 Å². The Bertz CT molecular complexity index is 355. The Morgan fingerprint density at radius 2 is 2.12 bits per heavy atom. The van der Waals surface area contributed by atoms with Crippen molar-refractivity contribution in [1.82, 2.24) is 5.32 Å². The standard InChI is InChI=1S/C13H18FNO2/c1-2-17-13(16)15-10-6-5-8-11-7-3-4-9-12(11)14/h3-4,7,9H,2,5-6,8,10H2,1H3,(H,15,16). The number of aryl methyl sites for hydroxylation is 1. The Balaban J connectivity index is 2.13. The molecule has 1 aromatic rings. The summed E-state index contributed by atoms with van der Waals surface area (Å²) in [6, 6.07) is 6.76. The third-order valence-electron chi connectivity index (χ3n) is 2.38. The minimum absolute atomic E-state index is 0.161. The summed E-state index contributed by atoms with van der Waals surface area (Å²) in [4.78, 5) is 10.9. The van der Waals surface area contributed by atoms with E-state index in [9.17, 15) is 9.18 Å². The molecule has 0 saturated heterocycles. The van der Waals surface area contributed by atoms with Gasteiger partial charge >= 0.3 is 6.09 Å². The number of alkyl carbamates (subject to hydrolysis) is 1. The SMILES string of the molecule is CCOC(=O)NCCCCc1ccccc1F. The molecule has 94 valence electrons. The zero-order valence-corrected chi connectivity index (χ0v) is 10.0. The van der Waals surface area contributed by atoms with Gasteiger partial charge in [-0.1, -0.05) is 18.2 Å². The summed E-state index contributed by atoms with van der Waals surface area (Å²) in [5.74, 6) is -0.161. The minimum Gasteiger partial charge on any atom is -0.450 e. The van der Waals surface area contributed by atoms with Gasteiger partial charge in [0.05, 0.1) is 6.61 Å². The number of unbranched alkanes of at least 4 members (excludes halogenated alkanes) is 1. The van der Waals surface area contributed by atoms with Crippen molar-refractivity contribution in [3.8, 4) is 0 Å². The van der Waals surface area contributed by atoms with Crippen molar-refractivity contribution >= 4 is 6.09 Å². The molecule has 0 aliphatic heterocycles. The molecule has 0 fully saturated rings. The lowest BCUT2D eigenvalue weighted by Gasteiger charge is -2.05. The van der Waals surface area contributed by atoms with E-state index in [2.05, 4.69) is 5.32 Å². The average Bonchev–Trinajstić information content (AvgIpc) is 2.31. The summed E-state index contributed by atoms with van der Waals surface area (Å²) in [5, 5.41) is 2.63. The summed E-state index contributed by atoms with van der Waals surface area (Å²) in [6.07, 6.45) is 1.95. The molecule has 0 spiro atoms. The van der Waals surface area contributed by atoms with Gasteiger partial charge < -0.3 is 10.1 Å². The molecule has 0 heterocycles. The van der Waals surface area contributed by atoms with E-state index in [4.69, 9.17) is 4.74 Å². The molecule has 4 heteroatoms. The molecule has 0 unspecified atom stereocenters. The molecule has 1 aromatic carbocycles. The van der Waals surface area contributed by atoms with Gasteiger partial charge in [-0.05, 0) is 37.8 Å². The minimum atomic E-state index is -0.390. The van der Waals surface area contributed by atoms with Crippen LogP contribution in [0.2, 0.25) is 0 Å². The molecule has 3 nitrogen and oxygen atoms in total. The second-order valence-electron chi connectivity index (χ2n) is 3.70. The number of ether oxygens (including phenoxy) is 1. The number of carbonyl (C=O) groups excluding carboxylic acids is 1. The van der Waals surface area contributed by atoms with Gasteiger partial charge in [0.15, 0.2) is 0 Å². The largest absolute Gasteiger partial charge is 0.450 e.